The van der Waals surface area contributed by atoms with Crippen molar-refractivity contribution in [1.82, 2.24) is 0 Å². The smallest absolute Gasteiger partial charge is 0.0858 e. The summed E-state index contributed by atoms with van der Waals surface area (Å²) >= 11 is 0. The molecule has 2 heteroatoms. The molecule has 0 aromatic carbocycles. The highest BCUT2D eigenvalue weighted by Crippen LogP contribution is 2.30. The summed E-state index contributed by atoms with van der Waals surface area (Å²) in [5.41, 5.74) is 0. The number of aliphatic hydroxyl groups is 1. The molecule has 1 rings (SSSR count). The minimum atomic E-state index is -0.298. The topological polar surface area (TPSA) is 29.5 Å². The van der Waals surface area contributed by atoms with Gasteiger partial charge in [0.05, 0.1) is 12.2 Å². The van der Waals surface area contributed by atoms with Crippen molar-refractivity contribution >= 4 is 0 Å². The summed E-state index contributed by atoms with van der Waals surface area (Å²) in [7, 11) is 1.73. The van der Waals surface area contributed by atoms with E-state index in [1.54, 1.807) is 7.11 Å². The van der Waals surface area contributed by atoms with E-state index < -0.39 is 0 Å². The van der Waals surface area contributed by atoms with Crippen LogP contribution in [-0.4, -0.2) is 24.4 Å². The number of aliphatic hydroxyl groups excluding tert-OH is 1. The van der Waals surface area contributed by atoms with Gasteiger partial charge in [-0.25, -0.2) is 0 Å². The van der Waals surface area contributed by atoms with Crippen LogP contribution in [0.5, 0.6) is 0 Å². The van der Waals surface area contributed by atoms with Crippen molar-refractivity contribution in [2.75, 3.05) is 7.11 Å². The van der Waals surface area contributed by atoms with Crippen molar-refractivity contribution in [3.63, 3.8) is 0 Å². The van der Waals surface area contributed by atoms with E-state index >= 15 is 0 Å². The fourth-order valence-electron chi connectivity index (χ4n) is 2.76. The molecule has 0 saturated heterocycles. The molecule has 1 aliphatic rings. The van der Waals surface area contributed by atoms with Gasteiger partial charge in [-0.05, 0) is 38.0 Å². The summed E-state index contributed by atoms with van der Waals surface area (Å²) in [5.74, 6) is 0.567. The maximum atomic E-state index is 10.1. The first-order valence-corrected chi connectivity index (χ1v) is 6.61. The van der Waals surface area contributed by atoms with E-state index in [0.717, 1.165) is 19.3 Å². The SMILES string of the molecule is C=CCCCC(O)C(OC)C1CCCCC1. The average molecular weight is 226 g/mol. The largest absolute Gasteiger partial charge is 0.390 e. The number of unbranched alkanes of at least 4 members (excludes halogenated alkanes) is 1. The van der Waals surface area contributed by atoms with Crippen LogP contribution in [0.4, 0.5) is 0 Å². The molecular weight excluding hydrogens is 200 g/mol. The minimum Gasteiger partial charge on any atom is -0.390 e. The predicted octanol–water partition coefficient (Wildman–Crippen LogP) is 3.30. The van der Waals surface area contributed by atoms with Crippen LogP contribution in [0.15, 0.2) is 12.7 Å². The Hall–Kier alpha value is -0.340. The second kappa shape index (κ2) is 7.86. The highest BCUT2D eigenvalue weighted by atomic mass is 16.5. The average Bonchev–Trinajstić information content (AvgIpc) is 2.32. The van der Waals surface area contributed by atoms with Crippen molar-refractivity contribution < 1.29 is 9.84 Å². The Labute approximate surface area is 99.7 Å². The third kappa shape index (κ3) is 4.26. The molecule has 0 aromatic rings. The van der Waals surface area contributed by atoms with E-state index in [4.69, 9.17) is 4.74 Å². The lowest BCUT2D eigenvalue weighted by atomic mass is 9.82. The number of hydrogen-bond acceptors (Lipinski definition) is 2. The number of allylic oxidation sites excluding steroid dienone is 1. The summed E-state index contributed by atoms with van der Waals surface area (Å²) in [6.45, 7) is 3.70. The molecule has 0 radical (unpaired) electrons. The fraction of sp³-hybridized carbons (Fsp3) is 0.857. The highest BCUT2D eigenvalue weighted by Gasteiger charge is 2.28. The van der Waals surface area contributed by atoms with Gasteiger partial charge in [0, 0.05) is 7.11 Å². The molecule has 0 spiro atoms. The summed E-state index contributed by atoms with van der Waals surface area (Å²) < 4.78 is 5.51. The lowest BCUT2D eigenvalue weighted by Crippen LogP contribution is -2.36. The van der Waals surface area contributed by atoms with Crippen molar-refractivity contribution in [1.29, 1.82) is 0 Å². The monoisotopic (exact) mass is 226 g/mol. The molecular formula is C14H26O2. The first-order valence-electron chi connectivity index (χ1n) is 6.61. The molecule has 2 unspecified atom stereocenters. The van der Waals surface area contributed by atoms with Gasteiger partial charge < -0.3 is 9.84 Å². The summed E-state index contributed by atoms with van der Waals surface area (Å²) in [4.78, 5) is 0. The fourth-order valence-corrected chi connectivity index (χ4v) is 2.76. The molecule has 94 valence electrons. The van der Waals surface area contributed by atoms with Gasteiger partial charge in [-0.2, -0.15) is 0 Å². The van der Waals surface area contributed by atoms with Gasteiger partial charge in [-0.15, -0.1) is 6.58 Å². The van der Waals surface area contributed by atoms with Crippen molar-refractivity contribution in [2.24, 2.45) is 5.92 Å². The summed E-state index contributed by atoms with van der Waals surface area (Å²) in [5, 5.41) is 10.1. The second-order valence-electron chi connectivity index (χ2n) is 4.89. The van der Waals surface area contributed by atoms with Crippen molar-refractivity contribution in [2.45, 2.75) is 63.6 Å². The molecule has 0 aliphatic heterocycles. The van der Waals surface area contributed by atoms with Crippen LogP contribution >= 0.6 is 0 Å². The minimum absolute atomic E-state index is 0.0464. The predicted molar refractivity (Wildman–Crippen MR) is 67.4 cm³/mol. The van der Waals surface area contributed by atoms with Crippen LogP contribution in [0.1, 0.15) is 51.4 Å². The quantitative estimate of drug-likeness (QED) is 0.533. The van der Waals surface area contributed by atoms with E-state index in [1.165, 1.54) is 32.1 Å². The summed E-state index contributed by atoms with van der Waals surface area (Å²) in [6.07, 6.45) is 10.9. The van der Waals surface area contributed by atoms with Crippen LogP contribution in [0.25, 0.3) is 0 Å². The summed E-state index contributed by atoms with van der Waals surface area (Å²) in [6, 6.07) is 0. The normalized spacial score (nSPS) is 21.6. The number of rotatable bonds is 7. The highest BCUT2D eigenvalue weighted by molar-refractivity contribution is 4.80. The molecule has 0 heterocycles. The molecule has 0 bridgehead atoms. The van der Waals surface area contributed by atoms with Crippen LogP contribution in [0.3, 0.4) is 0 Å². The van der Waals surface area contributed by atoms with Gasteiger partial charge in [-0.1, -0.05) is 25.3 Å². The Balaban J connectivity index is 2.35. The molecule has 2 nitrogen and oxygen atoms in total. The second-order valence-corrected chi connectivity index (χ2v) is 4.89. The molecule has 16 heavy (non-hydrogen) atoms. The lowest BCUT2D eigenvalue weighted by Gasteiger charge is -2.32. The van der Waals surface area contributed by atoms with Gasteiger partial charge in [0.25, 0.3) is 0 Å². The van der Waals surface area contributed by atoms with E-state index in [1.807, 2.05) is 6.08 Å². The Bertz CT molecular complexity index is 185. The van der Waals surface area contributed by atoms with Gasteiger partial charge >= 0.3 is 0 Å². The number of ether oxygens (including phenoxy) is 1. The van der Waals surface area contributed by atoms with E-state index in [0.29, 0.717) is 5.92 Å². The Morgan fingerprint density at radius 1 is 1.38 bits per heavy atom. The lowest BCUT2D eigenvalue weighted by molar-refractivity contribution is -0.0575. The first kappa shape index (κ1) is 13.7. The van der Waals surface area contributed by atoms with Crippen LogP contribution in [-0.2, 0) is 4.74 Å². The Kier molecular flexibility index (Phi) is 6.74. The van der Waals surface area contributed by atoms with E-state index in [2.05, 4.69) is 6.58 Å². The van der Waals surface area contributed by atoms with Gasteiger partial charge in [-0.3, -0.25) is 0 Å². The van der Waals surface area contributed by atoms with Gasteiger partial charge in [0.2, 0.25) is 0 Å². The van der Waals surface area contributed by atoms with E-state index in [-0.39, 0.29) is 12.2 Å². The Morgan fingerprint density at radius 3 is 2.62 bits per heavy atom. The molecule has 0 amide bonds. The van der Waals surface area contributed by atoms with Crippen LogP contribution in [0, 0.1) is 5.92 Å². The van der Waals surface area contributed by atoms with Crippen LogP contribution < -0.4 is 0 Å². The van der Waals surface area contributed by atoms with Gasteiger partial charge in [0.15, 0.2) is 0 Å². The maximum absolute atomic E-state index is 10.1. The van der Waals surface area contributed by atoms with Crippen LogP contribution in [0.2, 0.25) is 0 Å². The van der Waals surface area contributed by atoms with E-state index in [9.17, 15) is 5.11 Å². The third-order valence-electron chi connectivity index (χ3n) is 3.67. The van der Waals surface area contributed by atoms with Crippen molar-refractivity contribution in [3.8, 4) is 0 Å². The molecule has 1 saturated carbocycles. The maximum Gasteiger partial charge on any atom is 0.0858 e. The zero-order chi connectivity index (χ0) is 11.8. The third-order valence-corrected chi connectivity index (χ3v) is 3.67. The number of methoxy groups -OCH3 is 1. The van der Waals surface area contributed by atoms with Gasteiger partial charge in [0.1, 0.15) is 0 Å². The molecule has 2 atom stereocenters. The zero-order valence-electron chi connectivity index (χ0n) is 10.5. The molecule has 1 N–H and O–H groups in total. The molecule has 0 aromatic heterocycles. The van der Waals surface area contributed by atoms with Crippen molar-refractivity contribution in [3.05, 3.63) is 12.7 Å². The first-order chi connectivity index (χ1) is 7.79. The molecule has 1 aliphatic carbocycles. The standard InChI is InChI=1S/C14H26O2/c1-3-4-6-11-13(15)14(16-2)12-9-7-5-8-10-12/h3,12-15H,1,4-11H2,2H3. The molecule has 1 fully saturated rings. The number of hydrogen-bond donors (Lipinski definition) is 1. The Morgan fingerprint density at radius 2 is 2.06 bits per heavy atom. The zero-order valence-corrected chi connectivity index (χ0v) is 10.5.